The van der Waals surface area contributed by atoms with Crippen LogP contribution in [0.1, 0.15) is 31.0 Å². The third-order valence-electron chi connectivity index (χ3n) is 3.30. The van der Waals surface area contributed by atoms with Gasteiger partial charge in [0.2, 0.25) is 5.89 Å². The maximum absolute atomic E-state index is 5.45. The number of piperidine rings is 1. The first-order valence-electron chi connectivity index (χ1n) is 6.48. The molecule has 1 aromatic heterocycles. The van der Waals surface area contributed by atoms with Crippen LogP contribution in [0.5, 0.6) is 0 Å². The Labute approximate surface area is 102 Å². The minimum Gasteiger partial charge on any atom is -0.339 e. The molecule has 0 aliphatic carbocycles. The van der Waals surface area contributed by atoms with Crippen LogP contribution in [0.15, 0.2) is 4.52 Å². The van der Waals surface area contributed by atoms with E-state index in [1.807, 2.05) is 0 Å². The predicted molar refractivity (Wildman–Crippen MR) is 65.6 cm³/mol. The van der Waals surface area contributed by atoms with Crippen LogP contribution in [-0.2, 0) is 12.8 Å². The topological polar surface area (TPSA) is 68.2 Å². The summed E-state index contributed by atoms with van der Waals surface area (Å²) in [6.07, 6.45) is 5.20. The van der Waals surface area contributed by atoms with Crippen LogP contribution in [0.3, 0.4) is 0 Å². The van der Waals surface area contributed by atoms with Crippen molar-refractivity contribution in [3.8, 4) is 0 Å². The van der Waals surface area contributed by atoms with Crippen LogP contribution in [0.2, 0.25) is 0 Å². The largest absolute Gasteiger partial charge is 0.339 e. The number of nitrogens with zero attached hydrogens (tertiary/aromatic N) is 3. The molecule has 2 heterocycles. The van der Waals surface area contributed by atoms with Crippen molar-refractivity contribution >= 4 is 0 Å². The zero-order valence-electron chi connectivity index (χ0n) is 10.6. The van der Waals surface area contributed by atoms with Crippen LogP contribution < -0.4 is 5.73 Å². The first-order chi connectivity index (χ1) is 8.28. The highest BCUT2D eigenvalue weighted by Crippen LogP contribution is 2.18. The standard InChI is InChI=1S/C12H22N4O/c1-16-7-3-4-10(9-16)8-11-14-12(17-15-11)5-2-6-13/h10H,2-9,13H2,1H3. The van der Waals surface area contributed by atoms with E-state index in [2.05, 4.69) is 22.1 Å². The Morgan fingerprint density at radius 3 is 3.18 bits per heavy atom. The van der Waals surface area contributed by atoms with E-state index in [4.69, 9.17) is 10.3 Å². The summed E-state index contributed by atoms with van der Waals surface area (Å²) in [4.78, 5) is 6.79. The Balaban J connectivity index is 1.83. The lowest BCUT2D eigenvalue weighted by molar-refractivity contribution is 0.206. The lowest BCUT2D eigenvalue weighted by Gasteiger charge is -2.28. The Bertz CT molecular complexity index is 339. The van der Waals surface area contributed by atoms with E-state index in [9.17, 15) is 0 Å². The van der Waals surface area contributed by atoms with Gasteiger partial charge in [-0.15, -0.1) is 0 Å². The number of rotatable bonds is 5. The monoisotopic (exact) mass is 238 g/mol. The van der Waals surface area contributed by atoms with E-state index in [0.717, 1.165) is 37.5 Å². The van der Waals surface area contributed by atoms with Gasteiger partial charge in [0.15, 0.2) is 5.82 Å². The van der Waals surface area contributed by atoms with Crippen molar-refractivity contribution in [2.75, 3.05) is 26.7 Å². The highest BCUT2D eigenvalue weighted by molar-refractivity contribution is 4.90. The predicted octanol–water partition coefficient (Wildman–Crippen LogP) is 0.845. The third kappa shape index (κ3) is 3.78. The Morgan fingerprint density at radius 2 is 2.41 bits per heavy atom. The third-order valence-corrected chi connectivity index (χ3v) is 3.30. The van der Waals surface area contributed by atoms with Crippen LogP contribution in [-0.4, -0.2) is 41.7 Å². The SMILES string of the molecule is CN1CCCC(Cc2noc(CCCN)n2)C1. The molecule has 2 rings (SSSR count). The Morgan fingerprint density at radius 1 is 1.53 bits per heavy atom. The summed E-state index contributed by atoms with van der Waals surface area (Å²) >= 11 is 0. The van der Waals surface area contributed by atoms with Crippen LogP contribution in [0.4, 0.5) is 0 Å². The van der Waals surface area contributed by atoms with Crippen molar-refractivity contribution < 1.29 is 4.52 Å². The molecule has 1 aliphatic heterocycles. The summed E-state index contributed by atoms with van der Waals surface area (Å²) < 4.78 is 5.20. The van der Waals surface area contributed by atoms with Gasteiger partial charge in [-0.1, -0.05) is 5.16 Å². The molecule has 1 aliphatic rings. The molecule has 1 aromatic rings. The molecule has 0 amide bonds. The minimum absolute atomic E-state index is 0.672. The normalized spacial score (nSPS) is 21.9. The van der Waals surface area contributed by atoms with Gasteiger partial charge in [-0.25, -0.2) is 0 Å². The number of nitrogens with two attached hydrogens (primary N) is 1. The molecular formula is C12H22N4O. The molecule has 0 bridgehead atoms. The number of aryl methyl sites for hydroxylation is 1. The average molecular weight is 238 g/mol. The van der Waals surface area contributed by atoms with Crippen LogP contribution in [0, 0.1) is 5.92 Å². The summed E-state index contributed by atoms with van der Waals surface area (Å²) in [6.45, 7) is 3.03. The van der Waals surface area contributed by atoms with Gasteiger partial charge >= 0.3 is 0 Å². The number of likely N-dealkylation sites (tertiary alicyclic amines) is 1. The van der Waals surface area contributed by atoms with E-state index in [1.54, 1.807) is 0 Å². The van der Waals surface area contributed by atoms with Crippen LogP contribution in [0.25, 0.3) is 0 Å². The van der Waals surface area contributed by atoms with Crippen molar-refractivity contribution in [2.24, 2.45) is 11.7 Å². The first kappa shape index (κ1) is 12.5. The van der Waals surface area contributed by atoms with Crippen molar-refractivity contribution in [1.82, 2.24) is 15.0 Å². The summed E-state index contributed by atoms with van der Waals surface area (Å²) in [6, 6.07) is 0. The molecule has 0 aromatic carbocycles. The van der Waals surface area contributed by atoms with Crippen molar-refractivity contribution in [2.45, 2.75) is 32.1 Å². The second kappa shape index (κ2) is 6.12. The zero-order valence-corrected chi connectivity index (χ0v) is 10.6. The minimum atomic E-state index is 0.672. The van der Waals surface area contributed by atoms with E-state index < -0.39 is 0 Å². The fourth-order valence-electron chi connectivity index (χ4n) is 2.43. The molecule has 1 unspecified atom stereocenters. The summed E-state index contributed by atoms with van der Waals surface area (Å²) in [5, 5.41) is 4.04. The maximum atomic E-state index is 5.45. The lowest BCUT2D eigenvalue weighted by Crippen LogP contribution is -2.33. The first-order valence-corrected chi connectivity index (χ1v) is 6.48. The summed E-state index contributed by atoms with van der Waals surface area (Å²) in [5.74, 6) is 2.26. The summed E-state index contributed by atoms with van der Waals surface area (Å²) in [5.41, 5.74) is 5.45. The van der Waals surface area contributed by atoms with E-state index >= 15 is 0 Å². The van der Waals surface area contributed by atoms with Gasteiger partial charge in [-0.3, -0.25) is 0 Å². The number of aromatic nitrogens is 2. The number of hydrogen-bond donors (Lipinski definition) is 1. The second-order valence-corrected chi connectivity index (χ2v) is 4.97. The van der Waals surface area contributed by atoms with Crippen molar-refractivity contribution in [3.05, 3.63) is 11.7 Å². The molecule has 5 heteroatoms. The van der Waals surface area contributed by atoms with E-state index in [0.29, 0.717) is 12.5 Å². The lowest BCUT2D eigenvalue weighted by atomic mass is 9.95. The van der Waals surface area contributed by atoms with Crippen molar-refractivity contribution in [3.63, 3.8) is 0 Å². The quantitative estimate of drug-likeness (QED) is 0.823. The molecule has 0 saturated carbocycles. The van der Waals surface area contributed by atoms with Gasteiger partial charge in [0.1, 0.15) is 0 Å². The van der Waals surface area contributed by atoms with Gasteiger partial charge in [0, 0.05) is 19.4 Å². The van der Waals surface area contributed by atoms with Crippen LogP contribution >= 0.6 is 0 Å². The Kier molecular flexibility index (Phi) is 4.50. The van der Waals surface area contributed by atoms with Gasteiger partial charge < -0.3 is 15.2 Å². The summed E-state index contributed by atoms with van der Waals surface area (Å²) in [7, 11) is 2.18. The van der Waals surface area contributed by atoms with Gasteiger partial charge in [0.05, 0.1) is 0 Å². The molecule has 96 valence electrons. The zero-order chi connectivity index (χ0) is 12.1. The maximum Gasteiger partial charge on any atom is 0.226 e. The van der Waals surface area contributed by atoms with E-state index in [-0.39, 0.29) is 0 Å². The second-order valence-electron chi connectivity index (χ2n) is 4.97. The molecule has 0 radical (unpaired) electrons. The Hall–Kier alpha value is -0.940. The van der Waals surface area contributed by atoms with Crippen molar-refractivity contribution in [1.29, 1.82) is 0 Å². The van der Waals surface area contributed by atoms with Gasteiger partial charge in [0.25, 0.3) is 0 Å². The fourth-order valence-corrected chi connectivity index (χ4v) is 2.43. The smallest absolute Gasteiger partial charge is 0.226 e. The average Bonchev–Trinajstić information content (AvgIpc) is 2.74. The molecule has 17 heavy (non-hydrogen) atoms. The highest BCUT2D eigenvalue weighted by atomic mass is 16.5. The fraction of sp³-hybridized carbons (Fsp3) is 0.833. The molecule has 1 atom stereocenters. The molecule has 5 nitrogen and oxygen atoms in total. The van der Waals surface area contributed by atoms with E-state index in [1.165, 1.54) is 19.4 Å². The molecular weight excluding hydrogens is 216 g/mol. The number of hydrogen-bond acceptors (Lipinski definition) is 5. The van der Waals surface area contributed by atoms with Gasteiger partial charge in [-0.05, 0) is 45.3 Å². The molecule has 1 saturated heterocycles. The molecule has 1 fully saturated rings. The van der Waals surface area contributed by atoms with Gasteiger partial charge in [-0.2, -0.15) is 4.98 Å². The highest BCUT2D eigenvalue weighted by Gasteiger charge is 2.19. The molecule has 0 spiro atoms. The molecule has 2 N–H and O–H groups in total.